The van der Waals surface area contributed by atoms with Gasteiger partial charge in [0, 0.05) is 15.9 Å². The lowest BCUT2D eigenvalue weighted by molar-refractivity contribution is 0.100. The molecule has 1 amide bonds. The van der Waals surface area contributed by atoms with Crippen molar-refractivity contribution in [1.82, 2.24) is 0 Å². The van der Waals surface area contributed by atoms with Gasteiger partial charge in [0.15, 0.2) is 0 Å². The SMILES string of the molecule is NC(=O)c1ccc(CCBr)c(Cl)c1. The highest BCUT2D eigenvalue weighted by Crippen LogP contribution is 2.18. The molecule has 0 atom stereocenters. The molecule has 1 aromatic rings. The minimum atomic E-state index is -0.452. The van der Waals surface area contributed by atoms with Crippen LogP contribution in [0.25, 0.3) is 0 Å². The summed E-state index contributed by atoms with van der Waals surface area (Å²) in [6.45, 7) is 0. The van der Waals surface area contributed by atoms with E-state index < -0.39 is 5.91 Å². The third-order valence-electron chi connectivity index (χ3n) is 1.70. The van der Waals surface area contributed by atoms with Gasteiger partial charge in [-0.15, -0.1) is 0 Å². The number of benzene rings is 1. The number of primary amides is 1. The number of halogens is 2. The number of hydrogen-bond donors (Lipinski definition) is 1. The van der Waals surface area contributed by atoms with Crippen LogP contribution in [0.5, 0.6) is 0 Å². The average molecular weight is 263 g/mol. The lowest BCUT2D eigenvalue weighted by Crippen LogP contribution is -2.10. The van der Waals surface area contributed by atoms with E-state index in [4.69, 9.17) is 17.3 Å². The third kappa shape index (κ3) is 2.71. The summed E-state index contributed by atoms with van der Waals surface area (Å²) in [6.07, 6.45) is 0.845. The summed E-state index contributed by atoms with van der Waals surface area (Å²) < 4.78 is 0. The van der Waals surface area contributed by atoms with E-state index in [1.807, 2.05) is 6.07 Å². The van der Waals surface area contributed by atoms with Gasteiger partial charge in [-0.1, -0.05) is 33.6 Å². The zero-order valence-corrected chi connectivity index (χ0v) is 9.23. The minimum Gasteiger partial charge on any atom is -0.366 e. The monoisotopic (exact) mass is 261 g/mol. The van der Waals surface area contributed by atoms with Crippen LogP contribution in [0, 0.1) is 0 Å². The van der Waals surface area contributed by atoms with Crippen molar-refractivity contribution in [1.29, 1.82) is 0 Å². The molecule has 4 heteroatoms. The largest absolute Gasteiger partial charge is 0.366 e. The molecule has 0 aliphatic rings. The van der Waals surface area contributed by atoms with Crippen LogP contribution < -0.4 is 5.73 Å². The standard InChI is InChI=1S/C9H9BrClNO/c10-4-3-6-1-2-7(9(12)13)5-8(6)11/h1-2,5H,3-4H2,(H2,12,13). The van der Waals surface area contributed by atoms with Gasteiger partial charge in [0.05, 0.1) is 0 Å². The van der Waals surface area contributed by atoms with Crippen LogP contribution >= 0.6 is 27.5 Å². The van der Waals surface area contributed by atoms with Gasteiger partial charge < -0.3 is 5.73 Å². The van der Waals surface area contributed by atoms with Crippen LogP contribution in [-0.4, -0.2) is 11.2 Å². The van der Waals surface area contributed by atoms with Crippen molar-refractivity contribution in [3.63, 3.8) is 0 Å². The fourth-order valence-electron chi connectivity index (χ4n) is 1.01. The molecule has 2 nitrogen and oxygen atoms in total. The average Bonchev–Trinajstić information content (AvgIpc) is 2.08. The number of rotatable bonds is 3. The molecule has 2 N–H and O–H groups in total. The third-order valence-corrected chi connectivity index (χ3v) is 2.45. The zero-order valence-electron chi connectivity index (χ0n) is 6.89. The smallest absolute Gasteiger partial charge is 0.248 e. The maximum atomic E-state index is 10.8. The molecule has 1 rings (SSSR count). The van der Waals surface area contributed by atoms with Gasteiger partial charge >= 0.3 is 0 Å². The molecule has 1 aromatic carbocycles. The summed E-state index contributed by atoms with van der Waals surface area (Å²) in [5.74, 6) is -0.452. The Morgan fingerprint density at radius 1 is 1.54 bits per heavy atom. The highest BCUT2D eigenvalue weighted by atomic mass is 79.9. The van der Waals surface area contributed by atoms with E-state index in [1.54, 1.807) is 12.1 Å². The number of hydrogen-bond acceptors (Lipinski definition) is 1. The molecule has 0 aliphatic heterocycles. The fraction of sp³-hybridized carbons (Fsp3) is 0.222. The molecule has 0 saturated carbocycles. The maximum absolute atomic E-state index is 10.8. The van der Waals surface area contributed by atoms with E-state index in [0.29, 0.717) is 10.6 Å². The van der Waals surface area contributed by atoms with Crippen molar-refractivity contribution in [2.45, 2.75) is 6.42 Å². The Bertz CT molecular complexity index is 327. The number of nitrogens with two attached hydrogens (primary N) is 1. The van der Waals surface area contributed by atoms with Crippen molar-refractivity contribution in [2.75, 3.05) is 5.33 Å². The molecule has 0 heterocycles. The molecular formula is C9H9BrClNO. The Morgan fingerprint density at radius 2 is 2.23 bits per heavy atom. The minimum absolute atomic E-state index is 0.448. The zero-order chi connectivity index (χ0) is 9.84. The first-order chi connectivity index (χ1) is 6.15. The summed E-state index contributed by atoms with van der Waals surface area (Å²) in [6, 6.07) is 5.11. The van der Waals surface area contributed by atoms with Gasteiger partial charge in [-0.05, 0) is 24.1 Å². The lowest BCUT2D eigenvalue weighted by atomic mass is 10.1. The van der Waals surface area contributed by atoms with Gasteiger partial charge in [0.25, 0.3) is 0 Å². The number of aryl methyl sites for hydroxylation is 1. The Labute approximate surface area is 90.2 Å². The van der Waals surface area contributed by atoms with Crippen LogP contribution in [0.2, 0.25) is 5.02 Å². The Balaban J connectivity index is 2.98. The Morgan fingerprint density at radius 3 is 2.69 bits per heavy atom. The van der Waals surface area contributed by atoms with E-state index in [9.17, 15) is 4.79 Å². The van der Waals surface area contributed by atoms with Crippen LogP contribution in [0.1, 0.15) is 15.9 Å². The topological polar surface area (TPSA) is 43.1 Å². The summed E-state index contributed by atoms with van der Waals surface area (Å²) in [4.78, 5) is 10.8. The first-order valence-electron chi connectivity index (χ1n) is 3.79. The molecule has 0 spiro atoms. The number of carbonyl (C=O) groups excluding carboxylic acids is 1. The van der Waals surface area contributed by atoms with Crippen molar-refractivity contribution in [3.05, 3.63) is 34.3 Å². The molecule has 0 saturated heterocycles. The van der Waals surface area contributed by atoms with Gasteiger partial charge in [0.1, 0.15) is 0 Å². The van der Waals surface area contributed by atoms with Crippen LogP contribution in [-0.2, 0) is 6.42 Å². The van der Waals surface area contributed by atoms with Crippen molar-refractivity contribution in [2.24, 2.45) is 5.73 Å². The van der Waals surface area contributed by atoms with Gasteiger partial charge in [-0.3, -0.25) is 4.79 Å². The van der Waals surface area contributed by atoms with Crippen LogP contribution in [0.3, 0.4) is 0 Å². The van der Waals surface area contributed by atoms with Crippen LogP contribution in [0.4, 0.5) is 0 Å². The Kier molecular flexibility index (Phi) is 3.75. The number of carbonyl (C=O) groups is 1. The van der Waals surface area contributed by atoms with Gasteiger partial charge in [-0.25, -0.2) is 0 Å². The molecule has 0 fully saturated rings. The van der Waals surface area contributed by atoms with Crippen molar-refractivity contribution < 1.29 is 4.79 Å². The van der Waals surface area contributed by atoms with E-state index in [2.05, 4.69) is 15.9 Å². The van der Waals surface area contributed by atoms with E-state index in [1.165, 1.54) is 0 Å². The van der Waals surface area contributed by atoms with Gasteiger partial charge in [-0.2, -0.15) is 0 Å². The molecule has 13 heavy (non-hydrogen) atoms. The van der Waals surface area contributed by atoms with Crippen LogP contribution in [0.15, 0.2) is 18.2 Å². The fourth-order valence-corrected chi connectivity index (χ4v) is 1.71. The number of alkyl halides is 1. The molecule has 0 unspecified atom stereocenters. The molecule has 0 bridgehead atoms. The first-order valence-corrected chi connectivity index (χ1v) is 5.29. The molecular weight excluding hydrogens is 253 g/mol. The second-order valence-corrected chi connectivity index (χ2v) is 3.81. The van der Waals surface area contributed by atoms with Gasteiger partial charge in [0.2, 0.25) is 5.91 Å². The number of amides is 1. The molecule has 70 valence electrons. The highest BCUT2D eigenvalue weighted by Gasteiger charge is 2.04. The van der Waals surface area contributed by atoms with E-state index in [0.717, 1.165) is 17.3 Å². The van der Waals surface area contributed by atoms with E-state index >= 15 is 0 Å². The van der Waals surface area contributed by atoms with Crippen molar-refractivity contribution >= 4 is 33.4 Å². The summed E-state index contributed by atoms with van der Waals surface area (Å²) in [5.41, 5.74) is 6.56. The molecule has 0 aliphatic carbocycles. The lowest BCUT2D eigenvalue weighted by Gasteiger charge is -2.02. The predicted octanol–water partition coefficient (Wildman–Crippen LogP) is 2.38. The van der Waals surface area contributed by atoms with E-state index in [-0.39, 0.29) is 0 Å². The summed E-state index contributed by atoms with van der Waals surface area (Å²) in [7, 11) is 0. The molecule has 0 radical (unpaired) electrons. The maximum Gasteiger partial charge on any atom is 0.248 e. The quantitative estimate of drug-likeness (QED) is 0.835. The summed E-state index contributed by atoms with van der Waals surface area (Å²) >= 11 is 9.24. The second kappa shape index (κ2) is 4.63. The predicted molar refractivity (Wildman–Crippen MR) is 57.5 cm³/mol. The first kappa shape index (κ1) is 10.5. The highest BCUT2D eigenvalue weighted by molar-refractivity contribution is 9.09. The molecule has 0 aromatic heterocycles. The summed E-state index contributed by atoms with van der Waals surface area (Å²) in [5, 5.41) is 1.44. The Hall–Kier alpha value is -0.540. The van der Waals surface area contributed by atoms with Crippen molar-refractivity contribution in [3.8, 4) is 0 Å². The normalized spacial score (nSPS) is 10.0. The second-order valence-electron chi connectivity index (χ2n) is 2.61.